The molecule has 76 valence electrons. The van der Waals surface area contributed by atoms with Crippen molar-refractivity contribution in [2.24, 2.45) is 17.8 Å². The normalized spacial score (nSPS) is 37.9. The molecule has 2 heteroatoms. The van der Waals surface area contributed by atoms with Gasteiger partial charge in [-0.3, -0.25) is 9.59 Å². The Bertz CT molecular complexity index is 291. The van der Waals surface area contributed by atoms with Crippen molar-refractivity contribution in [2.75, 3.05) is 0 Å². The Kier molecular flexibility index (Phi) is 2.53. The summed E-state index contributed by atoms with van der Waals surface area (Å²) in [6.45, 7) is 1.95. The van der Waals surface area contributed by atoms with Gasteiger partial charge in [0.05, 0.1) is 6.42 Å². The number of hydrogen-bond donors (Lipinski definition) is 0. The first-order valence-electron chi connectivity index (χ1n) is 5.39. The molecule has 0 spiro atoms. The highest BCUT2D eigenvalue weighted by molar-refractivity contribution is 6.00. The highest BCUT2D eigenvalue weighted by Crippen LogP contribution is 2.32. The number of Topliss-reactive ketones (excluding diaryl/α,β-unsaturated/α-hetero) is 2. The Morgan fingerprint density at radius 1 is 1.21 bits per heavy atom. The lowest BCUT2D eigenvalue weighted by Gasteiger charge is -2.23. The number of allylic oxidation sites excluding steroid dienone is 2. The van der Waals surface area contributed by atoms with E-state index in [1.807, 2.05) is 6.92 Å². The summed E-state index contributed by atoms with van der Waals surface area (Å²) in [5.41, 5.74) is 0. The topological polar surface area (TPSA) is 34.1 Å². The van der Waals surface area contributed by atoms with Crippen LogP contribution in [0.5, 0.6) is 0 Å². The summed E-state index contributed by atoms with van der Waals surface area (Å²) >= 11 is 0. The third-order valence-corrected chi connectivity index (χ3v) is 3.51. The molecule has 0 aromatic rings. The maximum atomic E-state index is 11.7. The molecule has 0 amide bonds. The number of rotatable bonds is 0. The van der Waals surface area contributed by atoms with Crippen LogP contribution in [0.2, 0.25) is 0 Å². The summed E-state index contributed by atoms with van der Waals surface area (Å²) in [5, 5.41) is 0. The quantitative estimate of drug-likeness (QED) is 0.435. The van der Waals surface area contributed by atoms with E-state index in [9.17, 15) is 9.59 Å². The van der Waals surface area contributed by atoms with E-state index in [1.54, 1.807) is 0 Å². The average molecular weight is 192 g/mol. The molecule has 0 saturated heterocycles. The van der Waals surface area contributed by atoms with Crippen LogP contribution in [0.3, 0.4) is 0 Å². The van der Waals surface area contributed by atoms with Crippen LogP contribution in [0, 0.1) is 17.8 Å². The van der Waals surface area contributed by atoms with E-state index >= 15 is 0 Å². The smallest absolute Gasteiger partial charge is 0.143 e. The number of ketones is 2. The van der Waals surface area contributed by atoms with Gasteiger partial charge in [0.15, 0.2) is 0 Å². The molecule has 1 saturated carbocycles. The van der Waals surface area contributed by atoms with Gasteiger partial charge in [0.1, 0.15) is 11.6 Å². The number of carbonyl (C=O) groups excluding carboxylic acids is 2. The van der Waals surface area contributed by atoms with Gasteiger partial charge in [-0.1, -0.05) is 19.1 Å². The van der Waals surface area contributed by atoms with Gasteiger partial charge in [-0.2, -0.15) is 0 Å². The van der Waals surface area contributed by atoms with Crippen LogP contribution in [-0.2, 0) is 9.59 Å². The third-order valence-electron chi connectivity index (χ3n) is 3.51. The van der Waals surface area contributed by atoms with Gasteiger partial charge < -0.3 is 0 Å². The molecule has 0 N–H and O–H groups in total. The van der Waals surface area contributed by atoms with Gasteiger partial charge in [0.25, 0.3) is 0 Å². The molecule has 2 bridgehead atoms. The number of carbonyl (C=O) groups is 2. The van der Waals surface area contributed by atoms with Gasteiger partial charge in [-0.25, -0.2) is 0 Å². The van der Waals surface area contributed by atoms with E-state index in [-0.39, 0.29) is 23.9 Å². The molecule has 14 heavy (non-hydrogen) atoms. The van der Waals surface area contributed by atoms with Gasteiger partial charge in [-0.05, 0) is 24.7 Å². The average Bonchev–Trinajstić information content (AvgIpc) is 2.23. The molecule has 0 aliphatic heterocycles. The fraction of sp³-hybridized carbons (Fsp3) is 0.667. The second-order valence-electron chi connectivity index (χ2n) is 4.56. The maximum absolute atomic E-state index is 11.7. The molecule has 2 nitrogen and oxygen atoms in total. The van der Waals surface area contributed by atoms with Crippen molar-refractivity contribution in [3.63, 3.8) is 0 Å². The zero-order valence-corrected chi connectivity index (χ0v) is 8.53. The molecule has 3 aliphatic carbocycles. The Hall–Kier alpha value is -0.920. The van der Waals surface area contributed by atoms with Crippen molar-refractivity contribution in [1.82, 2.24) is 0 Å². The second-order valence-corrected chi connectivity index (χ2v) is 4.56. The van der Waals surface area contributed by atoms with Crippen LogP contribution < -0.4 is 0 Å². The molecular formula is C12H16O2. The minimum absolute atomic E-state index is 0.0363. The minimum atomic E-state index is 0.0363. The molecule has 0 unspecified atom stereocenters. The zero-order valence-electron chi connectivity index (χ0n) is 8.53. The van der Waals surface area contributed by atoms with Gasteiger partial charge in [0.2, 0.25) is 0 Å². The van der Waals surface area contributed by atoms with E-state index in [0.717, 1.165) is 12.8 Å². The summed E-state index contributed by atoms with van der Waals surface area (Å²) in [7, 11) is 0. The molecule has 0 radical (unpaired) electrons. The summed E-state index contributed by atoms with van der Waals surface area (Å²) < 4.78 is 0. The first-order chi connectivity index (χ1) is 6.66. The lowest BCUT2D eigenvalue weighted by atomic mass is 9.81. The molecule has 3 rings (SSSR count). The van der Waals surface area contributed by atoms with Gasteiger partial charge in [-0.15, -0.1) is 0 Å². The summed E-state index contributed by atoms with van der Waals surface area (Å²) in [6, 6.07) is 0. The molecular weight excluding hydrogens is 176 g/mol. The van der Waals surface area contributed by atoms with Crippen molar-refractivity contribution in [2.45, 2.75) is 32.6 Å². The molecule has 3 atom stereocenters. The predicted molar refractivity (Wildman–Crippen MR) is 53.8 cm³/mol. The Balaban J connectivity index is 2.24. The van der Waals surface area contributed by atoms with Crippen molar-refractivity contribution >= 4 is 11.6 Å². The van der Waals surface area contributed by atoms with E-state index in [0.29, 0.717) is 18.3 Å². The third kappa shape index (κ3) is 1.79. The van der Waals surface area contributed by atoms with E-state index in [1.165, 1.54) is 0 Å². The largest absolute Gasteiger partial charge is 0.299 e. The maximum Gasteiger partial charge on any atom is 0.143 e. The molecule has 1 fully saturated rings. The highest BCUT2D eigenvalue weighted by atomic mass is 16.1. The highest BCUT2D eigenvalue weighted by Gasteiger charge is 2.30. The van der Waals surface area contributed by atoms with Crippen molar-refractivity contribution in [3.05, 3.63) is 12.2 Å². The first kappa shape index (κ1) is 9.63. The van der Waals surface area contributed by atoms with Crippen LogP contribution in [0.15, 0.2) is 12.2 Å². The minimum Gasteiger partial charge on any atom is -0.299 e. The van der Waals surface area contributed by atoms with Crippen molar-refractivity contribution in [1.29, 1.82) is 0 Å². The fourth-order valence-corrected chi connectivity index (χ4v) is 2.44. The number of hydrogen-bond acceptors (Lipinski definition) is 2. The lowest BCUT2D eigenvalue weighted by molar-refractivity contribution is -0.129. The molecule has 3 aliphatic rings. The standard InChI is InChI=1S/C12H16O2/c1-8-10-4-2-9(3-5-10)6-11(13)7-12(8)14/h2,4,8-10H,3,5-7H2,1H3/t8-,9-,10+/m0/s1. The number of fused-ring (bicyclic) bond motifs is 5. The SMILES string of the molecule is C[C@@H]1C(=O)CC(=O)C[C@H]2C=C[C@@H]1CC2. The predicted octanol–water partition coefficient (Wildman–Crippen LogP) is 2.14. The summed E-state index contributed by atoms with van der Waals surface area (Å²) in [6.07, 6.45) is 7.17. The lowest BCUT2D eigenvalue weighted by Crippen LogP contribution is -2.21. The first-order valence-corrected chi connectivity index (χ1v) is 5.39. The Morgan fingerprint density at radius 2 is 2.00 bits per heavy atom. The fourth-order valence-electron chi connectivity index (χ4n) is 2.44. The van der Waals surface area contributed by atoms with Crippen molar-refractivity contribution < 1.29 is 9.59 Å². The second kappa shape index (κ2) is 3.68. The molecule has 0 aromatic heterocycles. The molecule has 0 aromatic carbocycles. The van der Waals surface area contributed by atoms with Gasteiger partial charge in [0, 0.05) is 12.3 Å². The van der Waals surface area contributed by atoms with Gasteiger partial charge >= 0.3 is 0 Å². The van der Waals surface area contributed by atoms with Crippen LogP contribution in [-0.4, -0.2) is 11.6 Å². The van der Waals surface area contributed by atoms with Crippen LogP contribution >= 0.6 is 0 Å². The Labute approximate surface area is 84.4 Å². The van der Waals surface area contributed by atoms with E-state index in [4.69, 9.17) is 0 Å². The van der Waals surface area contributed by atoms with Crippen LogP contribution in [0.1, 0.15) is 32.6 Å². The summed E-state index contributed by atoms with van der Waals surface area (Å²) in [4.78, 5) is 23.1. The van der Waals surface area contributed by atoms with E-state index in [2.05, 4.69) is 12.2 Å². The monoisotopic (exact) mass is 192 g/mol. The zero-order chi connectivity index (χ0) is 10.1. The molecule has 0 heterocycles. The van der Waals surface area contributed by atoms with Crippen molar-refractivity contribution in [3.8, 4) is 0 Å². The Morgan fingerprint density at radius 3 is 2.64 bits per heavy atom. The summed E-state index contributed by atoms with van der Waals surface area (Å²) in [5.74, 6) is 1.07. The van der Waals surface area contributed by atoms with Crippen LogP contribution in [0.25, 0.3) is 0 Å². The van der Waals surface area contributed by atoms with E-state index < -0.39 is 0 Å². The van der Waals surface area contributed by atoms with Crippen LogP contribution in [0.4, 0.5) is 0 Å².